The number of carbonyl (C=O) groups excluding carboxylic acids is 1. The molecule has 4 heterocycles. The van der Waals surface area contributed by atoms with Crippen molar-refractivity contribution in [1.29, 1.82) is 5.41 Å². The quantitative estimate of drug-likeness (QED) is 0.425. The van der Waals surface area contributed by atoms with E-state index >= 15 is 0 Å². The summed E-state index contributed by atoms with van der Waals surface area (Å²) in [4.78, 5) is 17.9. The maximum atomic E-state index is 13.2. The van der Waals surface area contributed by atoms with Crippen LogP contribution in [0.4, 0.5) is 13.2 Å². The molecule has 5 rings (SSSR count). The third-order valence-electron chi connectivity index (χ3n) is 5.01. The summed E-state index contributed by atoms with van der Waals surface area (Å²) in [5, 5.41) is 17.3. The van der Waals surface area contributed by atoms with Crippen molar-refractivity contribution in [2.45, 2.75) is 12.6 Å². The van der Waals surface area contributed by atoms with E-state index in [0.717, 1.165) is 17.0 Å². The summed E-state index contributed by atoms with van der Waals surface area (Å²) in [5.74, 6) is -0.786. The molecular formula is C22H13ClF3N5OS2. The Bertz CT molecular complexity index is 1410. The minimum atomic E-state index is -4.54. The Morgan fingerprint density at radius 1 is 1.18 bits per heavy atom. The van der Waals surface area contributed by atoms with Crippen LogP contribution in [0.15, 0.2) is 69.7 Å². The fourth-order valence-corrected chi connectivity index (χ4v) is 5.34. The van der Waals surface area contributed by atoms with Crippen LogP contribution in [-0.4, -0.2) is 31.5 Å². The zero-order valence-electron chi connectivity index (χ0n) is 17.0. The molecule has 2 aromatic heterocycles. The summed E-state index contributed by atoms with van der Waals surface area (Å²) in [6.07, 6.45) is -1.04. The number of halogens is 4. The van der Waals surface area contributed by atoms with Gasteiger partial charge in [-0.05, 0) is 59.6 Å². The molecule has 172 valence electrons. The molecular weight excluding hydrogens is 507 g/mol. The summed E-state index contributed by atoms with van der Waals surface area (Å²) in [6.45, 7) is 0. The first-order chi connectivity index (χ1) is 16.2. The van der Waals surface area contributed by atoms with E-state index in [9.17, 15) is 18.0 Å². The van der Waals surface area contributed by atoms with Crippen molar-refractivity contribution in [1.82, 2.24) is 9.58 Å². The van der Waals surface area contributed by atoms with Crippen LogP contribution in [0.1, 0.15) is 16.1 Å². The molecule has 3 aromatic rings. The van der Waals surface area contributed by atoms with Crippen molar-refractivity contribution in [2.24, 2.45) is 10.1 Å². The van der Waals surface area contributed by atoms with Crippen LogP contribution in [0.25, 0.3) is 11.8 Å². The van der Waals surface area contributed by atoms with Crippen LogP contribution in [-0.2, 0) is 17.4 Å². The highest BCUT2D eigenvalue weighted by molar-refractivity contribution is 8.27. The fraction of sp³-hybridized carbons (Fsp3) is 0.0909. The number of hydrogen-bond acceptors (Lipinski definition) is 5. The minimum Gasteiger partial charge on any atom is -0.316 e. The van der Waals surface area contributed by atoms with Gasteiger partial charge in [0.25, 0.3) is 5.91 Å². The van der Waals surface area contributed by atoms with Crippen LogP contribution >= 0.6 is 34.7 Å². The summed E-state index contributed by atoms with van der Waals surface area (Å²) in [7, 11) is 0. The smallest absolute Gasteiger partial charge is 0.316 e. The van der Waals surface area contributed by atoms with Gasteiger partial charge in [-0.3, -0.25) is 10.2 Å². The molecule has 6 nitrogen and oxygen atoms in total. The lowest BCUT2D eigenvalue weighted by Gasteiger charge is -2.20. The second kappa shape index (κ2) is 8.57. The highest BCUT2D eigenvalue weighted by Crippen LogP contribution is 2.34. The summed E-state index contributed by atoms with van der Waals surface area (Å²) < 4.78 is 41.1. The lowest BCUT2D eigenvalue weighted by Crippen LogP contribution is -2.35. The van der Waals surface area contributed by atoms with Gasteiger partial charge in [0.2, 0.25) is 5.17 Å². The van der Waals surface area contributed by atoms with Crippen molar-refractivity contribution >= 4 is 62.7 Å². The monoisotopic (exact) mass is 519 g/mol. The first-order valence-corrected chi connectivity index (χ1v) is 11.8. The van der Waals surface area contributed by atoms with Crippen LogP contribution in [0, 0.1) is 5.41 Å². The number of fused-ring (bicyclic) bond motifs is 1. The Balaban J connectivity index is 1.49. The largest absolute Gasteiger partial charge is 0.416 e. The molecule has 2 aliphatic rings. The highest BCUT2D eigenvalue weighted by Gasteiger charge is 2.36. The van der Waals surface area contributed by atoms with E-state index in [4.69, 9.17) is 17.0 Å². The van der Waals surface area contributed by atoms with Gasteiger partial charge in [-0.1, -0.05) is 17.7 Å². The van der Waals surface area contributed by atoms with Gasteiger partial charge >= 0.3 is 6.18 Å². The van der Waals surface area contributed by atoms with Crippen molar-refractivity contribution < 1.29 is 18.0 Å². The first kappa shape index (κ1) is 22.6. The zero-order valence-corrected chi connectivity index (χ0v) is 19.4. The molecule has 0 fully saturated rings. The number of hydrogen-bond donors (Lipinski definition) is 1. The second-order valence-corrected chi connectivity index (χ2v) is 9.72. The molecule has 0 unspecified atom stereocenters. The normalized spacial score (nSPS) is 17.3. The summed E-state index contributed by atoms with van der Waals surface area (Å²) in [6, 6.07) is 10.1. The topological polar surface area (TPSA) is 73.8 Å². The number of thiophene rings is 1. The molecule has 1 N–H and O–H groups in total. The zero-order chi connectivity index (χ0) is 24.0. The molecule has 0 radical (unpaired) electrons. The van der Waals surface area contributed by atoms with Crippen molar-refractivity contribution in [3.63, 3.8) is 0 Å². The fourth-order valence-electron chi connectivity index (χ4n) is 3.42. The van der Waals surface area contributed by atoms with Gasteiger partial charge < -0.3 is 4.57 Å². The number of carbonyl (C=O) groups is 1. The van der Waals surface area contributed by atoms with Gasteiger partial charge in [0, 0.05) is 23.2 Å². The lowest BCUT2D eigenvalue weighted by atomic mass is 10.1. The highest BCUT2D eigenvalue weighted by atomic mass is 35.5. The van der Waals surface area contributed by atoms with Gasteiger partial charge in [-0.25, -0.2) is 0 Å². The van der Waals surface area contributed by atoms with Crippen molar-refractivity contribution in [2.75, 3.05) is 0 Å². The molecule has 1 aromatic carbocycles. The van der Waals surface area contributed by atoms with E-state index in [2.05, 4.69) is 10.1 Å². The molecule has 12 heteroatoms. The van der Waals surface area contributed by atoms with E-state index in [1.54, 1.807) is 23.5 Å². The van der Waals surface area contributed by atoms with Gasteiger partial charge in [-0.15, -0.1) is 11.3 Å². The number of amides is 1. The SMILES string of the molecule is N=C1/C(=C/c2cccn2-c2cc(C(F)(F)F)ccc2Cl)C(=O)N=C2SC(Cc3cccs3)=NN12. The number of rotatable bonds is 4. The van der Waals surface area contributed by atoms with Gasteiger partial charge in [0.1, 0.15) is 5.04 Å². The number of nitrogens with zero attached hydrogens (tertiary/aromatic N) is 4. The Labute approximate surface area is 204 Å². The Hall–Kier alpha value is -3.15. The van der Waals surface area contributed by atoms with E-state index in [0.29, 0.717) is 22.3 Å². The number of aliphatic imine (C=N–C) groups is 1. The number of hydrazone groups is 1. The minimum absolute atomic E-state index is 0.0338. The number of aromatic nitrogens is 1. The molecule has 34 heavy (non-hydrogen) atoms. The first-order valence-electron chi connectivity index (χ1n) is 9.76. The maximum Gasteiger partial charge on any atom is 0.416 e. The maximum absolute atomic E-state index is 13.2. The predicted molar refractivity (Wildman–Crippen MR) is 129 cm³/mol. The molecule has 1 amide bonds. The molecule has 0 saturated heterocycles. The lowest BCUT2D eigenvalue weighted by molar-refractivity contribution is -0.137. The predicted octanol–water partition coefficient (Wildman–Crippen LogP) is 6.07. The van der Waals surface area contributed by atoms with Crippen LogP contribution < -0.4 is 0 Å². The van der Waals surface area contributed by atoms with E-state index in [-0.39, 0.29) is 22.1 Å². The van der Waals surface area contributed by atoms with Gasteiger partial charge in [-0.2, -0.15) is 28.3 Å². The third-order valence-corrected chi connectivity index (χ3v) is 7.11. The van der Waals surface area contributed by atoms with Crippen LogP contribution in [0.3, 0.4) is 0 Å². The second-order valence-electron chi connectivity index (χ2n) is 7.24. The number of alkyl halides is 3. The Kier molecular flexibility index (Phi) is 5.70. The van der Waals surface area contributed by atoms with E-state index in [1.165, 1.54) is 39.7 Å². The van der Waals surface area contributed by atoms with Crippen molar-refractivity contribution in [3.8, 4) is 5.69 Å². The average Bonchev–Trinajstić information content (AvgIpc) is 3.52. The Morgan fingerprint density at radius 3 is 2.74 bits per heavy atom. The van der Waals surface area contributed by atoms with Crippen molar-refractivity contribution in [3.05, 3.63) is 80.8 Å². The molecule has 0 bridgehead atoms. The Morgan fingerprint density at radius 2 is 2.00 bits per heavy atom. The standard InChI is InChI=1S/C22H13ClF3N5OS2/c23-16-6-5-12(22(24,25)26)9-17(16)30-7-1-3-13(30)10-15-19(27)31-21(28-20(15)32)34-18(29-31)11-14-4-2-8-33-14/h1-10,27H,11H2/b15-10-,27-19?. The van der Waals surface area contributed by atoms with E-state index < -0.39 is 17.6 Å². The van der Waals surface area contributed by atoms with Crippen LogP contribution in [0.5, 0.6) is 0 Å². The number of thioether (sulfide) groups is 1. The van der Waals surface area contributed by atoms with Gasteiger partial charge in [0.15, 0.2) is 5.84 Å². The summed E-state index contributed by atoms with van der Waals surface area (Å²) in [5.41, 5.74) is -0.423. The third kappa shape index (κ3) is 4.22. The number of benzene rings is 1. The van der Waals surface area contributed by atoms with E-state index in [1.807, 2.05) is 17.5 Å². The number of nitrogens with one attached hydrogen (secondary N) is 1. The molecule has 2 aliphatic heterocycles. The van der Waals surface area contributed by atoms with Gasteiger partial charge in [0.05, 0.1) is 21.8 Å². The van der Waals surface area contributed by atoms with Crippen LogP contribution in [0.2, 0.25) is 5.02 Å². The molecule has 0 saturated carbocycles. The average molecular weight is 520 g/mol. The summed E-state index contributed by atoms with van der Waals surface area (Å²) >= 11 is 9.00. The molecule has 0 atom stereocenters. The molecule has 0 aliphatic carbocycles. The number of amidine groups is 2. The molecule has 0 spiro atoms.